The number of thiazole rings is 1. The second-order valence-corrected chi connectivity index (χ2v) is 6.42. The smallest absolute Gasteiger partial charge is 0.203 e. The number of anilines is 1. The van der Waals surface area contributed by atoms with Crippen LogP contribution >= 0.6 is 22.9 Å². The fourth-order valence-electron chi connectivity index (χ4n) is 2.05. The number of nitrogens with zero attached hydrogens (tertiary/aromatic N) is 2. The lowest BCUT2D eigenvalue weighted by Gasteiger charge is -2.09. The Hall–Kier alpha value is -2.37. The molecule has 0 amide bonds. The molecule has 0 bridgehead atoms. The number of aromatic nitrogens is 1. The molecule has 0 aliphatic rings. The summed E-state index contributed by atoms with van der Waals surface area (Å²) in [6, 6.07) is 15.5. The summed E-state index contributed by atoms with van der Waals surface area (Å²) in [7, 11) is 0. The van der Waals surface area contributed by atoms with E-state index in [9.17, 15) is 0 Å². The van der Waals surface area contributed by atoms with Crippen LogP contribution in [0.5, 0.6) is 5.75 Å². The van der Waals surface area contributed by atoms with Gasteiger partial charge in [-0.15, -0.1) is 11.3 Å². The topological polar surface area (TPSA) is 46.5 Å². The Labute approximate surface area is 149 Å². The molecule has 1 heterocycles. The zero-order chi connectivity index (χ0) is 16.8. The van der Waals surface area contributed by atoms with Gasteiger partial charge in [-0.2, -0.15) is 5.10 Å². The molecule has 2 aromatic carbocycles. The van der Waals surface area contributed by atoms with Crippen molar-refractivity contribution in [1.29, 1.82) is 0 Å². The third-order valence-corrected chi connectivity index (χ3v) is 4.29. The first-order chi connectivity index (χ1) is 11.7. The molecule has 0 unspecified atom stereocenters. The highest BCUT2D eigenvalue weighted by Crippen LogP contribution is 2.23. The maximum absolute atomic E-state index is 6.09. The van der Waals surface area contributed by atoms with E-state index in [4.69, 9.17) is 16.3 Å². The van der Waals surface area contributed by atoms with E-state index in [1.54, 1.807) is 12.3 Å². The van der Waals surface area contributed by atoms with Gasteiger partial charge in [-0.3, -0.25) is 5.43 Å². The summed E-state index contributed by atoms with van der Waals surface area (Å²) >= 11 is 7.59. The van der Waals surface area contributed by atoms with Crippen molar-refractivity contribution in [3.8, 4) is 5.75 Å². The molecule has 0 aliphatic carbocycles. The van der Waals surface area contributed by atoms with E-state index in [2.05, 4.69) is 15.5 Å². The first-order valence-electron chi connectivity index (χ1n) is 7.38. The minimum atomic E-state index is 0.489. The summed E-state index contributed by atoms with van der Waals surface area (Å²) in [5, 5.41) is 7.56. The highest BCUT2D eigenvalue weighted by Gasteiger charge is 2.04. The first kappa shape index (κ1) is 16.5. The standard InChI is InChI=1S/C18H16ClN3OS/c1-13-12-24-18(21-13)22-20-10-15-9-16(19)7-8-17(15)23-11-14-5-3-2-4-6-14/h2-10,12H,11H2,1H3,(H,21,22). The predicted molar refractivity (Wildman–Crippen MR) is 100 cm³/mol. The number of hydrogen-bond acceptors (Lipinski definition) is 5. The molecule has 122 valence electrons. The number of hydrazone groups is 1. The minimum Gasteiger partial charge on any atom is -0.488 e. The Bertz CT molecular complexity index is 833. The van der Waals surface area contributed by atoms with E-state index < -0.39 is 0 Å². The minimum absolute atomic E-state index is 0.489. The molecular formula is C18H16ClN3OS. The molecule has 1 N–H and O–H groups in total. The average Bonchev–Trinajstić information content (AvgIpc) is 3.00. The van der Waals surface area contributed by atoms with Crippen LogP contribution in [0.25, 0.3) is 0 Å². The molecule has 0 radical (unpaired) electrons. The van der Waals surface area contributed by atoms with Crippen molar-refractivity contribution in [3.63, 3.8) is 0 Å². The zero-order valence-corrected chi connectivity index (χ0v) is 14.6. The van der Waals surface area contributed by atoms with Gasteiger partial charge in [-0.05, 0) is 30.7 Å². The number of nitrogens with one attached hydrogen (secondary N) is 1. The second-order valence-electron chi connectivity index (χ2n) is 5.12. The van der Waals surface area contributed by atoms with Crippen molar-refractivity contribution in [1.82, 2.24) is 4.98 Å². The quantitative estimate of drug-likeness (QED) is 0.491. The summed E-state index contributed by atoms with van der Waals surface area (Å²) in [5.74, 6) is 0.726. The monoisotopic (exact) mass is 357 g/mol. The van der Waals surface area contributed by atoms with Crippen molar-refractivity contribution in [2.75, 3.05) is 5.43 Å². The second kappa shape index (κ2) is 7.95. The fourth-order valence-corrected chi connectivity index (χ4v) is 2.87. The first-order valence-corrected chi connectivity index (χ1v) is 8.64. The molecule has 24 heavy (non-hydrogen) atoms. The number of halogens is 1. The van der Waals surface area contributed by atoms with Crippen molar-refractivity contribution >= 4 is 34.3 Å². The predicted octanol–water partition coefficient (Wildman–Crippen LogP) is 5.13. The van der Waals surface area contributed by atoms with Crippen LogP contribution in [0, 0.1) is 6.92 Å². The Balaban J connectivity index is 1.70. The van der Waals surface area contributed by atoms with Crippen LogP contribution in [0.4, 0.5) is 5.13 Å². The van der Waals surface area contributed by atoms with Crippen molar-refractivity contribution < 1.29 is 4.74 Å². The van der Waals surface area contributed by atoms with Crippen molar-refractivity contribution in [3.05, 3.63) is 75.8 Å². The lowest BCUT2D eigenvalue weighted by Crippen LogP contribution is -1.99. The van der Waals surface area contributed by atoms with Gasteiger partial charge in [0.2, 0.25) is 5.13 Å². The van der Waals surface area contributed by atoms with Crippen molar-refractivity contribution in [2.24, 2.45) is 5.10 Å². The van der Waals surface area contributed by atoms with Gasteiger partial charge in [0, 0.05) is 16.0 Å². The summed E-state index contributed by atoms with van der Waals surface area (Å²) in [6.07, 6.45) is 1.68. The highest BCUT2D eigenvalue weighted by molar-refractivity contribution is 7.13. The number of rotatable bonds is 6. The molecule has 6 heteroatoms. The number of aryl methyl sites for hydroxylation is 1. The molecule has 0 atom stereocenters. The Kier molecular flexibility index (Phi) is 5.46. The normalized spacial score (nSPS) is 10.9. The SMILES string of the molecule is Cc1csc(NN=Cc2cc(Cl)ccc2OCc2ccccc2)n1. The van der Waals surface area contributed by atoms with Crippen LogP contribution in [-0.4, -0.2) is 11.2 Å². The molecule has 4 nitrogen and oxygen atoms in total. The van der Waals surface area contributed by atoms with E-state index in [1.165, 1.54) is 11.3 Å². The molecule has 1 aromatic heterocycles. The van der Waals surface area contributed by atoms with Crippen LogP contribution in [0.1, 0.15) is 16.8 Å². The van der Waals surface area contributed by atoms with E-state index >= 15 is 0 Å². The average molecular weight is 358 g/mol. The fraction of sp³-hybridized carbons (Fsp3) is 0.111. The molecule has 0 aliphatic heterocycles. The Morgan fingerprint density at radius 1 is 1.25 bits per heavy atom. The third-order valence-electron chi connectivity index (χ3n) is 3.19. The molecule has 3 rings (SSSR count). The summed E-state index contributed by atoms with van der Waals surface area (Å²) in [6.45, 7) is 2.43. The van der Waals surface area contributed by atoms with Gasteiger partial charge in [0.05, 0.1) is 11.9 Å². The zero-order valence-electron chi connectivity index (χ0n) is 13.1. The van der Waals surface area contributed by atoms with Gasteiger partial charge in [0.25, 0.3) is 0 Å². The van der Waals surface area contributed by atoms with Gasteiger partial charge in [0.1, 0.15) is 12.4 Å². The van der Waals surface area contributed by atoms with Crippen LogP contribution in [-0.2, 0) is 6.61 Å². The van der Waals surface area contributed by atoms with Crippen molar-refractivity contribution in [2.45, 2.75) is 13.5 Å². The maximum Gasteiger partial charge on any atom is 0.203 e. The third kappa shape index (κ3) is 4.57. The van der Waals surface area contributed by atoms with E-state index in [-0.39, 0.29) is 0 Å². The van der Waals surface area contributed by atoms with Gasteiger partial charge in [0.15, 0.2) is 0 Å². The van der Waals surface area contributed by atoms with E-state index in [0.717, 1.165) is 27.7 Å². The maximum atomic E-state index is 6.09. The van der Waals surface area contributed by atoms with Gasteiger partial charge >= 0.3 is 0 Å². The molecular weight excluding hydrogens is 342 g/mol. The highest BCUT2D eigenvalue weighted by atomic mass is 35.5. The molecule has 0 spiro atoms. The summed E-state index contributed by atoms with van der Waals surface area (Å²) in [5.41, 5.74) is 5.79. The Morgan fingerprint density at radius 3 is 2.83 bits per heavy atom. The van der Waals surface area contributed by atoms with Gasteiger partial charge in [-0.25, -0.2) is 4.98 Å². The number of ether oxygens (including phenoxy) is 1. The number of benzene rings is 2. The largest absolute Gasteiger partial charge is 0.488 e. The Morgan fingerprint density at radius 2 is 2.08 bits per heavy atom. The van der Waals surface area contributed by atoms with Crippen LogP contribution in [0.3, 0.4) is 0 Å². The summed E-state index contributed by atoms with van der Waals surface area (Å²) in [4.78, 5) is 4.29. The molecule has 0 saturated carbocycles. The van der Waals surface area contributed by atoms with Crippen LogP contribution in [0.2, 0.25) is 5.02 Å². The van der Waals surface area contributed by atoms with Gasteiger partial charge < -0.3 is 4.74 Å². The summed E-state index contributed by atoms with van der Waals surface area (Å²) < 4.78 is 5.89. The number of hydrogen-bond donors (Lipinski definition) is 1. The van der Waals surface area contributed by atoms with E-state index in [1.807, 2.05) is 54.8 Å². The molecule has 0 saturated heterocycles. The van der Waals surface area contributed by atoms with Gasteiger partial charge in [-0.1, -0.05) is 41.9 Å². The van der Waals surface area contributed by atoms with E-state index in [0.29, 0.717) is 11.6 Å². The lowest BCUT2D eigenvalue weighted by atomic mass is 10.2. The van der Waals surface area contributed by atoms with Crippen LogP contribution in [0.15, 0.2) is 59.0 Å². The van der Waals surface area contributed by atoms with Crippen LogP contribution < -0.4 is 10.2 Å². The molecule has 0 fully saturated rings. The lowest BCUT2D eigenvalue weighted by molar-refractivity contribution is 0.306. The molecule has 3 aromatic rings.